The Morgan fingerprint density at radius 1 is 0.543 bits per heavy atom. The molecule has 2 aliphatic rings. The number of aliphatic hydroxyl groups excluding tert-OH is 2. The van der Waals surface area contributed by atoms with Crippen molar-refractivity contribution >= 4 is 58.4 Å². The molecule has 0 radical (unpaired) electrons. The molecule has 6 aromatic rings. The third-order valence-corrected chi connectivity index (χ3v) is 12.6. The highest BCUT2D eigenvalue weighted by atomic mass is 32.1. The van der Waals surface area contributed by atoms with E-state index in [1.807, 2.05) is 42.5 Å². The number of thiophene rings is 1. The van der Waals surface area contributed by atoms with Gasteiger partial charge in [-0.3, -0.25) is 28.8 Å². The van der Waals surface area contributed by atoms with Gasteiger partial charge in [-0.05, 0) is 57.0 Å². The molecule has 9 N–H and O–H groups in total. The minimum absolute atomic E-state index is 0.0679. The minimum atomic E-state index is -2.33. The first-order valence-corrected chi connectivity index (χ1v) is 23.4. The highest BCUT2D eigenvalue weighted by Gasteiger charge is 2.36. The maximum atomic E-state index is 14.8. The summed E-state index contributed by atoms with van der Waals surface area (Å²) >= 11 is 1.28. The average molecular weight is 965 g/mol. The predicted molar refractivity (Wildman–Crippen MR) is 262 cm³/mol. The van der Waals surface area contributed by atoms with Crippen LogP contribution < -0.4 is 31.9 Å². The number of fused-ring (bicyclic) bond motifs is 18. The lowest BCUT2D eigenvalue weighted by Crippen LogP contribution is -2.60. The lowest BCUT2D eigenvalue weighted by Gasteiger charge is -2.27. The van der Waals surface area contributed by atoms with Crippen LogP contribution in [0.25, 0.3) is 11.1 Å². The summed E-state index contributed by atoms with van der Waals surface area (Å²) in [4.78, 5) is 98.0. The number of aliphatic hydroxyl groups is 2. The van der Waals surface area contributed by atoms with Crippen LogP contribution in [-0.4, -0.2) is 99.1 Å². The van der Waals surface area contributed by atoms with Crippen LogP contribution in [0.3, 0.4) is 0 Å². The molecule has 2 aliphatic heterocycles. The molecule has 0 saturated carbocycles. The fourth-order valence-electron chi connectivity index (χ4n) is 7.88. The minimum Gasteiger partial charge on any atom is -0.480 e. The number of amides is 6. The smallest absolute Gasteiger partial charge is 0.326 e. The summed E-state index contributed by atoms with van der Waals surface area (Å²) in [6.45, 7) is 0. The third-order valence-electron chi connectivity index (χ3n) is 11.7. The maximum Gasteiger partial charge on any atom is 0.326 e. The first-order valence-electron chi connectivity index (χ1n) is 22.5. The van der Waals surface area contributed by atoms with Gasteiger partial charge in [-0.2, -0.15) is 0 Å². The van der Waals surface area contributed by atoms with Crippen LogP contribution in [0.4, 0.5) is 5.69 Å². The topological polar surface area (TPSA) is 252 Å². The first-order chi connectivity index (χ1) is 33.8. The van der Waals surface area contributed by atoms with E-state index < -0.39 is 83.8 Å². The third kappa shape index (κ3) is 13.8. The van der Waals surface area contributed by atoms with Crippen LogP contribution >= 0.6 is 11.3 Å². The Labute approximate surface area is 407 Å². The lowest BCUT2D eigenvalue weighted by atomic mass is 9.98. The molecule has 360 valence electrons. The Bertz CT molecular complexity index is 2740. The van der Waals surface area contributed by atoms with Crippen LogP contribution in [-0.2, 0) is 65.7 Å². The van der Waals surface area contributed by atoms with E-state index in [-0.39, 0.29) is 37.8 Å². The highest BCUT2D eigenvalue weighted by Crippen LogP contribution is 2.21. The Morgan fingerprint density at radius 2 is 1.04 bits per heavy atom. The quantitative estimate of drug-likeness (QED) is 0.0811. The molecule has 1 aromatic heterocycles. The number of aliphatic carboxylic acids is 1. The summed E-state index contributed by atoms with van der Waals surface area (Å²) in [6, 6.07) is 36.7. The second-order valence-electron chi connectivity index (χ2n) is 16.9. The highest BCUT2D eigenvalue weighted by molar-refractivity contribution is 7.09. The molecule has 6 amide bonds. The van der Waals surface area contributed by atoms with Gasteiger partial charge in [-0.25, -0.2) is 4.79 Å². The normalized spacial score (nSPS) is 20.9. The zero-order valence-electron chi connectivity index (χ0n) is 37.7. The maximum absolute atomic E-state index is 14.8. The molecular weight excluding hydrogens is 913 g/mol. The van der Waals surface area contributed by atoms with E-state index in [0.717, 1.165) is 11.1 Å². The van der Waals surface area contributed by atoms with E-state index >= 15 is 0 Å². The number of nitrogens with one attached hydrogen (secondary N) is 6. The van der Waals surface area contributed by atoms with Gasteiger partial charge in [0.15, 0.2) is 12.2 Å². The predicted octanol–water partition coefficient (Wildman–Crippen LogP) is 3.11. The summed E-state index contributed by atoms with van der Waals surface area (Å²) in [5.41, 5.74) is 4.30. The van der Waals surface area contributed by atoms with E-state index in [0.29, 0.717) is 27.1 Å². The molecule has 3 heterocycles. The van der Waals surface area contributed by atoms with Gasteiger partial charge in [0.25, 0.3) is 11.8 Å². The molecule has 2 bridgehead atoms. The Hall–Kier alpha value is -7.99. The molecule has 0 saturated heterocycles. The van der Waals surface area contributed by atoms with Crippen molar-refractivity contribution in [3.8, 4) is 11.1 Å². The summed E-state index contributed by atoms with van der Waals surface area (Å²) in [5, 5.41) is 49.6. The molecule has 70 heavy (non-hydrogen) atoms. The molecule has 0 unspecified atom stereocenters. The van der Waals surface area contributed by atoms with E-state index in [4.69, 9.17) is 0 Å². The number of carboxylic acids is 1. The van der Waals surface area contributed by atoms with Crippen LogP contribution in [0.1, 0.15) is 27.1 Å². The Kier molecular flexibility index (Phi) is 17.0. The largest absolute Gasteiger partial charge is 0.480 e. The van der Waals surface area contributed by atoms with Crippen molar-refractivity contribution in [2.75, 3.05) is 5.32 Å². The molecule has 0 fully saturated rings. The van der Waals surface area contributed by atoms with Crippen LogP contribution in [0.15, 0.2) is 157 Å². The van der Waals surface area contributed by atoms with Gasteiger partial charge in [0, 0.05) is 42.7 Å². The molecule has 5 aromatic carbocycles. The number of rotatable bonds is 12. The summed E-state index contributed by atoms with van der Waals surface area (Å²) in [5.74, 6) is -7.01. The number of carbonyl (C=O) groups excluding carboxylic acids is 6. The molecule has 8 rings (SSSR count). The van der Waals surface area contributed by atoms with Crippen molar-refractivity contribution in [1.82, 2.24) is 26.6 Å². The standard InChI is InChI=1S/C53H52N6O10S/c60-45-46(61)52(67)58-43(31-39-17-10-26-70-39)50(65)57-41(28-34-18-22-37(23-19-34)36-15-8-3-9-16-36)48(63)55-40(27-32-11-4-1-5-12-32)47(62)56-42(29-35-20-24-38(25-21-35)54-51(45)66)49(64)59-44(53(68)69)30-33-13-6-2-7-14-33/h1-26,40-46,60-61H,27-31H2,(H,54,66)(H,55,63)(H,56,62)(H,57,65)(H,58,67)(H,59,64)(H,68,69)/t40-,41+,42-,43-,44-,45-,46-/m1/s1. The van der Waals surface area contributed by atoms with Crippen LogP contribution in [0, 0.1) is 0 Å². The number of benzene rings is 5. The van der Waals surface area contributed by atoms with Crippen molar-refractivity contribution in [3.63, 3.8) is 0 Å². The van der Waals surface area contributed by atoms with E-state index in [1.165, 1.54) is 35.6 Å². The van der Waals surface area contributed by atoms with Crippen LogP contribution in [0.2, 0.25) is 0 Å². The number of hydrogen-bond donors (Lipinski definition) is 9. The fraction of sp³-hybridized carbons (Fsp3) is 0.226. The second kappa shape index (κ2) is 23.8. The Balaban J connectivity index is 1.26. The van der Waals surface area contributed by atoms with Gasteiger partial charge < -0.3 is 47.2 Å². The molecule has 17 heteroatoms. The zero-order chi connectivity index (χ0) is 49.6. The Morgan fingerprint density at radius 3 is 1.61 bits per heavy atom. The van der Waals surface area contributed by atoms with Gasteiger partial charge in [0.1, 0.15) is 30.2 Å². The van der Waals surface area contributed by atoms with E-state index in [1.54, 1.807) is 90.3 Å². The fourth-order valence-corrected chi connectivity index (χ4v) is 8.63. The lowest BCUT2D eigenvalue weighted by molar-refractivity contribution is -0.144. The second-order valence-corrected chi connectivity index (χ2v) is 17.9. The molecule has 16 nitrogen and oxygen atoms in total. The number of anilines is 1. The average Bonchev–Trinajstić information content (AvgIpc) is 3.89. The van der Waals surface area contributed by atoms with Gasteiger partial charge in [-0.15, -0.1) is 11.3 Å². The van der Waals surface area contributed by atoms with Crippen molar-refractivity contribution < 1.29 is 48.9 Å². The van der Waals surface area contributed by atoms with E-state index in [2.05, 4.69) is 31.9 Å². The molecule has 7 atom stereocenters. The van der Waals surface area contributed by atoms with Gasteiger partial charge >= 0.3 is 5.97 Å². The number of carbonyl (C=O) groups is 7. The van der Waals surface area contributed by atoms with Gasteiger partial charge in [0.05, 0.1) is 0 Å². The SMILES string of the molecule is O=C1N[C@H](Cc2ccccc2)C(=O)N[C@@H](C(=O)N[C@H](Cc2ccccc2)C(=O)O)Cc2ccc(cc2)NC(=O)[C@H](O)[C@@H](O)C(=O)N[C@H](Cc2cccs2)C(=O)N[C@H]1Cc1ccc(-c2ccccc2)cc1. The molecule has 0 aliphatic carbocycles. The van der Waals surface area contributed by atoms with Crippen molar-refractivity contribution in [3.05, 3.63) is 184 Å². The number of carboxylic acid groups (broad SMARTS) is 1. The monoisotopic (exact) mass is 964 g/mol. The summed E-state index contributed by atoms with van der Waals surface area (Å²) in [6.07, 6.45) is -5.17. The van der Waals surface area contributed by atoms with Gasteiger partial charge in [-0.1, -0.05) is 133 Å². The molecular formula is C53H52N6O10S. The van der Waals surface area contributed by atoms with E-state index in [9.17, 15) is 48.9 Å². The summed E-state index contributed by atoms with van der Waals surface area (Å²) in [7, 11) is 0. The van der Waals surface area contributed by atoms with Crippen LogP contribution in [0.5, 0.6) is 0 Å². The zero-order valence-corrected chi connectivity index (χ0v) is 38.5. The first kappa shape index (κ1) is 49.9. The van der Waals surface area contributed by atoms with Crippen molar-refractivity contribution in [1.29, 1.82) is 0 Å². The van der Waals surface area contributed by atoms with Crippen molar-refractivity contribution in [2.45, 2.75) is 74.5 Å². The molecule has 0 spiro atoms. The number of hydrogen-bond acceptors (Lipinski definition) is 10. The summed E-state index contributed by atoms with van der Waals surface area (Å²) < 4.78 is 0. The van der Waals surface area contributed by atoms with Gasteiger partial charge in [0.2, 0.25) is 23.6 Å². The van der Waals surface area contributed by atoms with Crippen molar-refractivity contribution in [2.24, 2.45) is 0 Å².